The molecule has 7 heteroatoms. The van der Waals surface area contributed by atoms with Gasteiger partial charge in [-0.25, -0.2) is 0 Å². The molecule has 2 atom stereocenters. The SMILES string of the molecule is O=C1c2ccccc2C(=O)N1[C@H](COC[C@@H](Cc1ccccc1)N1C(=O)c2ccccc2C1=O)Cc1ccccc1. The van der Waals surface area contributed by atoms with Crippen LogP contribution in [0.25, 0.3) is 0 Å². The van der Waals surface area contributed by atoms with Crippen LogP contribution in [0.5, 0.6) is 0 Å². The van der Waals surface area contributed by atoms with Gasteiger partial charge in [0.25, 0.3) is 23.6 Å². The normalized spacial score (nSPS) is 15.7. The number of hydrogen-bond donors (Lipinski definition) is 0. The van der Waals surface area contributed by atoms with Crippen LogP contribution in [0.15, 0.2) is 109 Å². The van der Waals surface area contributed by atoms with Crippen molar-refractivity contribution in [2.24, 2.45) is 0 Å². The van der Waals surface area contributed by atoms with Crippen molar-refractivity contribution in [3.63, 3.8) is 0 Å². The van der Waals surface area contributed by atoms with Crippen molar-refractivity contribution in [1.82, 2.24) is 9.80 Å². The van der Waals surface area contributed by atoms with E-state index < -0.39 is 12.1 Å². The highest BCUT2D eigenvalue weighted by Crippen LogP contribution is 2.28. The zero-order valence-corrected chi connectivity index (χ0v) is 22.3. The molecule has 6 rings (SSSR count). The van der Waals surface area contributed by atoms with Gasteiger partial charge < -0.3 is 4.74 Å². The quantitative estimate of drug-likeness (QED) is 0.268. The summed E-state index contributed by atoms with van der Waals surface area (Å²) in [6, 6.07) is 31.7. The fraction of sp³-hybridized carbons (Fsp3) is 0.176. The van der Waals surface area contributed by atoms with Crippen LogP contribution < -0.4 is 0 Å². The van der Waals surface area contributed by atoms with Gasteiger partial charge in [0, 0.05) is 0 Å². The van der Waals surface area contributed by atoms with Crippen LogP contribution in [0.2, 0.25) is 0 Å². The molecule has 4 amide bonds. The van der Waals surface area contributed by atoms with Crippen molar-refractivity contribution in [2.45, 2.75) is 24.9 Å². The molecule has 0 unspecified atom stereocenters. The molecule has 7 nitrogen and oxygen atoms in total. The lowest BCUT2D eigenvalue weighted by Gasteiger charge is -2.29. The molecule has 2 aliphatic heterocycles. The topological polar surface area (TPSA) is 84.0 Å². The van der Waals surface area contributed by atoms with E-state index >= 15 is 0 Å². The monoisotopic (exact) mass is 544 g/mol. The number of rotatable bonds is 10. The molecule has 4 aromatic rings. The molecule has 0 N–H and O–H groups in total. The van der Waals surface area contributed by atoms with E-state index in [9.17, 15) is 19.2 Å². The van der Waals surface area contributed by atoms with Crippen LogP contribution in [0, 0.1) is 0 Å². The number of benzene rings is 4. The third-order valence-electron chi connectivity index (χ3n) is 7.63. The van der Waals surface area contributed by atoms with Gasteiger partial charge in [0.1, 0.15) is 0 Å². The van der Waals surface area contributed by atoms with E-state index in [2.05, 4.69) is 0 Å². The minimum atomic E-state index is -0.579. The van der Waals surface area contributed by atoms with E-state index in [4.69, 9.17) is 4.74 Å². The van der Waals surface area contributed by atoms with Gasteiger partial charge in [-0.1, -0.05) is 84.9 Å². The van der Waals surface area contributed by atoms with Gasteiger partial charge in [0.05, 0.1) is 47.6 Å². The molecule has 0 saturated carbocycles. The second kappa shape index (κ2) is 11.3. The summed E-state index contributed by atoms with van der Waals surface area (Å²) in [4.78, 5) is 56.0. The van der Waals surface area contributed by atoms with E-state index in [0.717, 1.165) is 11.1 Å². The Morgan fingerprint density at radius 1 is 0.439 bits per heavy atom. The van der Waals surface area contributed by atoms with Crippen molar-refractivity contribution in [3.8, 4) is 0 Å². The Labute approximate surface area is 238 Å². The molecule has 0 saturated heterocycles. The first-order chi connectivity index (χ1) is 20.0. The summed E-state index contributed by atoms with van der Waals surface area (Å²) >= 11 is 0. The van der Waals surface area contributed by atoms with Crippen molar-refractivity contribution in [1.29, 1.82) is 0 Å². The lowest BCUT2D eigenvalue weighted by molar-refractivity contribution is 0.0222. The Morgan fingerprint density at radius 3 is 1.05 bits per heavy atom. The number of carbonyl (C=O) groups excluding carboxylic acids is 4. The summed E-state index contributed by atoms with van der Waals surface area (Å²) in [5, 5.41) is 0. The summed E-state index contributed by atoms with van der Waals surface area (Å²) in [5.41, 5.74) is 3.43. The van der Waals surface area contributed by atoms with Crippen LogP contribution in [-0.2, 0) is 17.6 Å². The highest BCUT2D eigenvalue weighted by Gasteiger charge is 2.42. The lowest BCUT2D eigenvalue weighted by atomic mass is 10.0. The van der Waals surface area contributed by atoms with Crippen LogP contribution in [0.3, 0.4) is 0 Å². The maximum atomic E-state index is 13.3. The third kappa shape index (κ3) is 5.08. The van der Waals surface area contributed by atoms with Crippen molar-refractivity contribution in [2.75, 3.05) is 13.2 Å². The number of ether oxygens (including phenoxy) is 1. The molecule has 204 valence electrons. The summed E-state index contributed by atoms with van der Waals surface area (Å²) in [6.45, 7) is 0.101. The fourth-order valence-electron chi connectivity index (χ4n) is 5.64. The van der Waals surface area contributed by atoms with E-state index in [1.165, 1.54) is 9.80 Å². The van der Waals surface area contributed by atoms with Crippen LogP contribution in [0.1, 0.15) is 52.6 Å². The van der Waals surface area contributed by atoms with Gasteiger partial charge in [-0.05, 0) is 48.2 Å². The average molecular weight is 545 g/mol. The van der Waals surface area contributed by atoms with Gasteiger partial charge in [-0.2, -0.15) is 0 Å². The van der Waals surface area contributed by atoms with E-state index in [1.54, 1.807) is 48.5 Å². The Bertz CT molecular complexity index is 1430. The first-order valence-corrected chi connectivity index (χ1v) is 13.6. The Morgan fingerprint density at radius 2 is 0.732 bits per heavy atom. The minimum Gasteiger partial charge on any atom is -0.377 e. The Hall–Kier alpha value is -4.88. The summed E-state index contributed by atoms with van der Waals surface area (Å²) < 4.78 is 6.23. The molecule has 0 radical (unpaired) electrons. The molecular weight excluding hydrogens is 516 g/mol. The van der Waals surface area contributed by atoms with Gasteiger partial charge in [0.2, 0.25) is 0 Å². The number of nitrogens with zero attached hydrogens (tertiary/aromatic N) is 2. The average Bonchev–Trinajstić information content (AvgIpc) is 3.41. The van der Waals surface area contributed by atoms with Crippen LogP contribution >= 0.6 is 0 Å². The standard InChI is InChI=1S/C34H28N2O5/c37-31-27-15-7-8-16-28(27)32(38)35(31)25(19-23-11-3-1-4-12-23)21-41-22-26(20-24-13-5-2-6-14-24)36-33(39)29-17-9-10-18-30(29)34(36)40/h1-18,25-26H,19-22H2/t25-,26+. The number of amides is 4. The smallest absolute Gasteiger partial charge is 0.261 e. The number of imide groups is 2. The Kier molecular flexibility index (Phi) is 7.27. The molecule has 0 aromatic heterocycles. The first kappa shape index (κ1) is 26.3. The second-order valence-corrected chi connectivity index (χ2v) is 10.3. The van der Waals surface area contributed by atoms with Gasteiger partial charge in [0.15, 0.2) is 0 Å². The molecule has 0 fully saturated rings. The molecule has 2 heterocycles. The highest BCUT2D eigenvalue weighted by molar-refractivity contribution is 6.22. The molecule has 0 spiro atoms. The third-order valence-corrected chi connectivity index (χ3v) is 7.63. The van der Waals surface area contributed by atoms with E-state index in [1.807, 2.05) is 60.7 Å². The highest BCUT2D eigenvalue weighted by atomic mass is 16.5. The van der Waals surface area contributed by atoms with Gasteiger partial charge >= 0.3 is 0 Å². The lowest BCUT2D eigenvalue weighted by Crippen LogP contribution is -2.47. The summed E-state index contributed by atoms with van der Waals surface area (Å²) in [6.07, 6.45) is 0.811. The predicted molar refractivity (Wildman–Crippen MR) is 153 cm³/mol. The van der Waals surface area contributed by atoms with Crippen LogP contribution in [0.4, 0.5) is 0 Å². The largest absolute Gasteiger partial charge is 0.377 e. The number of carbonyl (C=O) groups is 4. The fourth-order valence-corrected chi connectivity index (χ4v) is 5.64. The van der Waals surface area contributed by atoms with E-state index in [0.29, 0.717) is 35.1 Å². The minimum absolute atomic E-state index is 0.0504. The zero-order valence-electron chi connectivity index (χ0n) is 22.3. The zero-order chi connectivity index (χ0) is 28.3. The molecule has 4 aromatic carbocycles. The van der Waals surface area contributed by atoms with Crippen LogP contribution in [-0.4, -0.2) is 58.7 Å². The molecule has 2 aliphatic rings. The van der Waals surface area contributed by atoms with E-state index in [-0.39, 0.29) is 36.8 Å². The molecule has 0 bridgehead atoms. The number of fused-ring (bicyclic) bond motifs is 2. The van der Waals surface area contributed by atoms with Gasteiger partial charge in [-0.15, -0.1) is 0 Å². The molecule has 0 aliphatic carbocycles. The second-order valence-electron chi connectivity index (χ2n) is 10.3. The summed E-state index contributed by atoms with van der Waals surface area (Å²) in [7, 11) is 0. The Balaban J connectivity index is 1.25. The van der Waals surface area contributed by atoms with Crippen molar-refractivity contribution < 1.29 is 23.9 Å². The summed E-state index contributed by atoms with van der Waals surface area (Å²) in [5.74, 6) is -1.40. The van der Waals surface area contributed by atoms with Gasteiger partial charge in [-0.3, -0.25) is 29.0 Å². The molecule has 41 heavy (non-hydrogen) atoms. The first-order valence-electron chi connectivity index (χ1n) is 13.6. The molecular formula is C34H28N2O5. The number of hydrogen-bond acceptors (Lipinski definition) is 5. The maximum Gasteiger partial charge on any atom is 0.261 e. The predicted octanol–water partition coefficient (Wildman–Crippen LogP) is 4.82. The van der Waals surface area contributed by atoms with Crippen molar-refractivity contribution in [3.05, 3.63) is 143 Å². The van der Waals surface area contributed by atoms with Crippen molar-refractivity contribution >= 4 is 23.6 Å². The maximum absolute atomic E-state index is 13.3.